The maximum atomic E-state index is 10.6. The Labute approximate surface area is 72.9 Å². The highest BCUT2D eigenvalue weighted by molar-refractivity contribution is 5.73. The first kappa shape index (κ1) is 11.1. The van der Waals surface area contributed by atoms with E-state index in [9.17, 15) is 19.7 Å². The smallest absolute Gasteiger partial charge is 0.325 e. The molecule has 0 unspecified atom stereocenters. The molecule has 0 heterocycles. The maximum Gasteiger partial charge on any atom is 0.325 e. The van der Waals surface area contributed by atoms with Crippen LogP contribution in [0.1, 0.15) is 0 Å². The van der Waals surface area contributed by atoms with Gasteiger partial charge in [0.15, 0.2) is 0 Å². The van der Waals surface area contributed by atoms with Gasteiger partial charge in [-0.25, -0.2) is 0 Å². The molecule has 0 saturated carbocycles. The predicted octanol–water partition coefficient (Wildman–Crippen LogP) is -1.52. The fourth-order valence-electron chi connectivity index (χ4n) is 0.443. The maximum absolute atomic E-state index is 10.6. The van der Waals surface area contributed by atoms with Gasteiger partial charge in [0.25, 0.3) is 5.09 Å². The normalized spacial score (nSPS) is 8.62. The molecule has 1 N–H and O–H groups in total. The Bertz CT molecular complexity index is 193. The molecule has 0 bridgehead atoms. The Kier molecular flexibility index (Phi) is 5.85. The van der Waals surface area contributed by atoms with Crippen LogP contribution in [0.25, 0.3) is 0 Å². The molecule has 0 aromatic carbocycles. The number of rotatable bonds is 7. The van der Waals surface area contributed by atoms with Crippen molar-refractivity contribution < 1.29 is 24.3 Å². The minimum Gasteiger partial charge on any atom is -0.462 e. The molecule has 74 valence electrons. The molecule has 13 heavy (non-hydrogen) atoms. The summed E-state index contributed by atoms with van der Waals surface area (Å²) >= 11 is 0. The van der Waals surface area contributed by atoms with Crippen molar-refractivity contribution in [1.82, 2.24) is 5.32 Å². The molecule has 0 aromatic rings. The fraction of sp³-hybridized carbons (Fsp3) is 0.600. The summed E-state index contributed by atoms with van der Waals surface area (Å²) in [5.74, 6) is -0.681. The lowest BCUT2D eigenvalue weighted by molar-refractivity contribution is -0.757. The number of ether oxygens (including phenoxy) is 1. The van der Waals surface area contributed by atoms with Crippen LogP contribution in [0, 0.1) is 10.1 Å². The first-order chi connectivity index (χ1) is 6.16. The zero-order chi connectivity index (χ0) is 10.1. The Balaban J connectivity index is 3.26. The lowest BCUT2D eigenvalue weighted by Gasteiger charge is -2.02. The Hall–Kier alpha value is -1.86. The Morgan fingerprint density at radius 1 is 1.54 bits per heavy atom. The second-order valence-electron chi connectivity index (χ2n) is 1.78. The summed E-state index contributed by atoms with van der Waals surface area (Å²) in [5.41, 5.74) is 0. The van der Waals surface area contributed by atoms with E-state index >= 15 is 0 Å². The molecular weight excluding hydrogens is 184 g/mol. The van der Waals surface area contributed by atoms with Gasteiger partial charge in [-0.1, -0.05) is 0 Å². The van der Waals surface area contributed by atoms with Gasteiger partial charge >= 0.3 is 5.97 Å². The first-order valence-corrected chi connectivity index (χ1v) is 3.26. The van der Waals surface area contributed by atoms with Crippen LogP contribution in [0.5, 0.6) is 0 Å². The molecule has 0 saturated heterocycles. The second-order valence-corrected chi connectivity index (χ2v) is 1.78. The molecular formula is C5H8N2O6. The van der Waals surface area contributed by atoms with E-state index in [-0.39, 0.29) is 19.8 Å². The lowest BCUT2D eigenvalue weighted by Crippen LogP contribution is -2.24. The lowest BCUT2D eigenvalue weighted by atomic mass is 10.6. The molecule has 8 nitrogen and oxygen atoms in total. The SMILES string of the molecule is O=CNCC(=O)OCCO[N+](=O)[O-]. The highest BCUT2D eigenvalue weighted by Gasteiger charge is 2.01. The van der Waals surface area contributed by atoms with Crippen LogP contribution in [0.2, 0.25) is 0 Å². The zero-order valence-electron chi connectivity index (χ0n) is 6.60. The van der Waals surface area contributed by atoms with Crippen LogP contribution in [0.15, 0.2) is 0 Å². The van der Waals surface area contributed by atoms with Gasteiger partial charge in [-0.15, -0.1) is 10.1 Å². The van der Waals surface area contributed by atoms with Gasteiger partial charge < -0.3 is 14.9 Å². The van der Waals surface area contributed by atoms with Gasteiger partial charge in [-0.05, 0) is 0 Å². The van der Waals surface area contributed by atoms with Gasteiger partial charge in [-0.2, -0.15) is 0 Å². The van der Waals surface area contributed by atoms with Crippen molar-refractivity contribution >= 4 is 12.4 Å². The molecule has 0 aliphatic heterocycles. The van der Waals surface area contributed by atoms with Crippen molar-refractivity contribution in [1.29, 1.82) is 0 Å². The van der Waals surface area contributed by atoms with Gasteiger partial charge in [-0.3, -0.25) is 9.59 Å². The van der Waals surface area contributed by atoms with Crippen molar-refractivity contribution in [3.63, 3.8) is 0 Å². The third-order valence-corrected chi connectivity index (χ3v) is 0.873. The van der Waals surface area contributed by atoms with E-state index in [0.717, 1.165) is 0 Å². The summed E-state index contributed by atoms with van der Waals surface area (Å²) in [5, 5.41) is 10.7. The minimum atomic E-state index is -0.989. The van der Waals surface area contributed by atoms with E-state index in [4.69, 9.17) is 0 Å². The van der Waals surface area contributed by atoms with Crippen LogP contribution in [0.3, 0.4) is 0 Å². The van der Waals surface area contributed by atoms with Crippen LogP contribution in [-0.4, -0.2) is 37.2 Å². The van der Waals surface area contributed by atoms with E-state index in [1.165, 1.54) is 0 Å². The molecule has 0 rings (SSSR count). The first-order valence-electron chi connectivity index (χ1n) is 3.26. The fourth-order valence-corrected chi connectivity index (χ4v) is 0.443. The molecule has 0 spiro atoms. The standard InChI is InChI=1S/C5H8N2O6/c8-4-6-3-5(9)12-1-2-13-7(10)11/h4H,1-3H2,(H,6,8). The van der Waals surface area contributed by atoms with E-state index in [2.05, 4.69) is 14.9 Å². The quantitative estimate of drug-likeness (QED) is 0.172. The van der Waals surface area contributed by atoms with Crippen LogP contribution in [-0.2, 0) is 19.2 Å². The molecule has 0 aromatic heterocycles. The average molecular weight is 192 g/mol. The van der Waals surface area contributed by atoms with Crippen molar-refractivity contribution in [2.75, 3.05) is 19.8 Å². The third-order valence-electron chi connectivity index (χ3n) is 0.873. The Morgan fingerprint density at radius 2 is 2.23 bits per heavy atom. The number of nitrogens with zero attached hydrogens (tertiary/aromatic N) is 1. The van der Waals surface area contributed by atoms with Crippen molar-refractivity contribution in [2.45, 2.75) is 0 Å². The van der Waals surface area contributed by atoms with E-state index in [1.807, 2.05) is 0 Å². The van der Waals surface area contributed by atoms with E-state index in [0.29, 0.717) is 6.41 Å². The topological polar surface area (TPSA) is 108 Å². The summed E-state index contributed by atoms with van der Waals surface area (Å²) in [4.78, 5) is 33.7. The number of hydrogen-bond acceptors (Lipinski definition) is 6. The summed E-state index contributed by atoms with van der Waals surface area (Å²) < 4.78 is 4.40. The highest BCUT2D eigenvalue weighted by atomic mass is 17.0. The molecule has 0 fully saturated rings. The van der Waals surface area contributed by atoms with E-state index < -0.39 is 11.1 Å². The number of hydrogen-bond donors (Lipinski definition) is 1. The summed E-state index contributed by atoms with van der Waals surface area (Å²) in [7, 11) is 0. The van der Waals surface area contributed by atoms with Crippen LogP contribution >= 0.6 is 0 Å². The number of carbonyl (C=O) groups excluding carboxylic acids is 2. The average Bonchev–Trinajstić information content (AvgIpc) is 2.08. The van der Waals surface area contributed by atoms with Crippen molar-refractivity contribution in [3.05, 3.63) is 10.1 Å². The zero-order valence-corrected chi connectivity index (χ0v) is 6.60. The number of amides is 1. The number of esters is 1. The Morgan fingerprint density at radius 3 is 2.77 bits per heavy atom. The highest BCUT2D eigenvalue weighted by Crippen LogP contribution is 1.79. The molecule has 0 aliphatic rings. The molecule has 0 radical (unpaired) electrons. The second kappa shape index (κ2) is 6.83. The molecule has 0 aliphatic carbocycles. The number of carbonyl (C=O) groups is 2. The summed E-state index contributed by atoms with van der Waals surface area (Å²) in [6.07, 6.45) is 0.342. The van der Waals surface area contributed by atoms with Gasteiger partial charge in [0.1, 0.15) is 19.8 Å². The van der Waals surface area contributed by atoms with Crippen LogP contribution in [0.4, 0.5) is 0 Å². The van der Waals surface area contributed by atoms with Gasteiger partial charge in [0, 0.05) is 0 Å². The summed E-state index contributed by atoms with van der Waals surface area (Å²) in [6.45, 7) is -0.803. The van der Waals surface area contributed by atoms with Gasteiger partial charge in [0.2, 0.25) is 6.41 Å². The molecule has 0 atom stereocenters. The van der Waals surface area contributed by atoms with E-state index in [1.54, 1.807) is 0 Å². The van der Waals surface area contributed by atoms with Crippen LogP contribution < -0.4 is 5.32 Å². The summed E-state index contributed by atoms with van der Waals surface area (Å²) in [6, 6.07) is 0. The predicted molar refractivity (Wildman–Crippen MR) is 38.0 cm³/mol. The minimum absolute atomic E-state index is 0.222. The molecule has 8 heteroatoms. The number of nitrogens with one attached hydrogen (secondary N) is 1. The largest absolute Gasteiger partial charge is 0.462 e. The monoisotopic (exact) mass is 192 g/mol. The van der Waals surface area contributed by atoms with Gasteiger partial charge in [0.05, 0.1) is 0 Å². The van der Waals surface area contributed by atoms with Crippen molar-refractivity contribution in [3.8, 4) is 0 Å². The third kappa shape index (κ3) is 8.04. The van der Waals surface area contributed by atoms with Crippen molar-refractivity contribution in [2.24, 2.45) is 0 Å². The molecule has 1 amide bonds.